The van der Waals surface area contributed by atoms with Crippen LogP contribution >= 0.6 is 0 Å². The van der Waals surface area contributed by atoms with Crippen molar-refractivity contribution in [2.75, 3.05) is 20.2 Å². The molecule has 1 unspecified atom stereocenters. The average Bonchev–Trinajstić information content (AvgIpc) is 2.01. The van der Waals surface area contributed by atoms with Crippen LogP contribution in [0.1, 0.15) is 13.3 Å². The number of aliphatic hydroxyl groups excluding tert-OH is 1. The van der Waals surface area contributed by atoms with E-state index >= 15 is 0 Å². The zero-order valence-corrected chi connectivity index (χ0v) is 7.49. The van der Waals surface area contributed by atoms with E-state index in [1.807, 2.05) is 6.92 Å². The molecule has 1 amide bonds. The van der Waals surface area contributed by atoms with Crippen LogP contribution in [0, 0.1) is 5.92 Å². The number of methoxy groups -OCH3 is 1. The van der Waals surface area contributed by atoms with Crippen LogP contribution in [-0.2, 0) is 4.74 Å². The van der Waals surface area contributed by atoms with Crippen molar-refractivity contribution in [3.05, 3.63) is 0 Å². The highest BCUT2D eigenvalue weighted by Gasteiger charge is 2.34. The number of amides is 1. The lowest BCUT2D eigenvalue weighted by molar-refractivity contribution is -0.00207. The van der Waals surface area contributed by atoms with Crippen LogP contribution < -0.4 is 0 Å². The van der Waals surface area contributed by atoms with Gasteiger partial charge >= 0.3 is 6.09 Å². The molecular formula is C8H15NO3. The van der Waals surface area contributed by atoms with E-state index in [-0.39, 0.29) is 18.1 Å². The van der Waals surface area contributed by atoms with Crippen molar-refractivity contribution in [2.45, 2.75) is 19.4 Å². The summed E-state index contributed by atoms with van der Waals surface area (Å²) in [6.45, 7) is 3.19. The fourth-order valence-corrected chi connectivity index (χ4v) is 1.37. The van der Waals surface area contributed by atoms with Gasteiger partial charge in [-0.15, -0.1) is 0 Å². The maximum atomic E-state index is 10.9. The van der Waals surface area contributed by atoms with Crippen LogP contribution in [0.2, 0.25) is 0 Å². The summed E-state index contributed by atoms with van der Waals surface area (Å²) in [6, 6.07) is 0. The Morgan fingerprint density at radius 1 is 1.75 bits per heavy atom. The molecule has 0 aromatic rings. The van der Waals surface area contributed by atoms with Gasteiger partial charge in [0.1, 0.15) is 0 Å². The largest absolute Gasteiger partial charge is 0.453 e. The minimum atomic E-state index is -0.297. The van der Waals surface area contributed by atoms with Crippen molar-refractivity contribution >= 4 is 6.09 Å². The molecule has 0 spiro atoms. The van der Waals surface area contributed by atoms with Gasteiger partial charge in [0, 0.05) is 19.0 Å². The SMILES string of the molecule is CCC(O)C1CN(C(=O)OC)C1. The van der Waals surface area contributed by atoms with Gasteiger partial charge in [0.2, 0.25) is 0 Å². The molecule has 1 aliphatic rings. The van der Waals surface area contributed by atoms with Gasteiger partial charge in [-0.25, -0.2) is 4.79 Å². The predicted molar refractivity (Wildman–Crippen MR) is 43.8 cm³/mol. The lowest BCUT2D eigenvalue weighted by atomic mass is 9.93. The first-order valence-corrected chi connectivity index (χ1v) is 4.20. The molecule has 0 radical (unpaired) electrons. The van der Waals surface area contributed by atoms with Crippen LogP contribution in [0.5, 0.6) is 0 Å². The van der Waals surface area contributed by atoms with E-state index in [0.29, 0.717) is 13.1 Å². The number of carbonyl (C=O) groups excluding carboxylic acids is 1. The fraction of sp³-hybridized carbons (Fsp3) is 0.875. The lowest BCUT2D eigenvalue weighted by Crippen LogP contribution is -2.54. The van der Waals surface area contributed by atoms with Gasteiger partial charge in [-0.3, -0.25) is 0 Å². The van der Waals surface area contributed by atoms with Crippen LogP contribution in [0.3, 0.4) is 0 Å². The zero-order valence-electron chi connectivity index (χ0n) is 7.49. The van der Waals surface area contributed by atoms with Crippen LogP contribution in [0.25, 0.3) is 0 Å². The van der Waals surface area contributed by atoms with E-state index in [4.69, 9.17) is 0 Å². The van der Waals surface area contributed by atoms with E-state index in [9.17, 15) is 9.90 Å². The number of ether oxygens (including phenoxy) is 1. The normalized spacial score (nSPS) is 20.1. The van der Waals surface area contributed by atoms with Gasteiger partial charge in [-0.1, -0.05) is 6.92 Å². The second-order valence-electron chi connectivity index (χ2n) is 3.11. The summed E-state index contributed by atoms with van der Waals surface area (Å²) in [5.41, 5.74) is 0. The summed E-state index contributed by atoms with van der Waals surface area (Å²) < 4.78 is 4.52. The minimum absolute atomic E-state index is 0.245. The number of carbonyl (C=O) groups is 1. The summed E-state index contributed by atoms with van der Waals surface area (Å²) in [6.07, 6.45) is 0.181. The highest BCUT2D eigenvalue weighted by Crippen LogP contribution is 2.21. The van der Waals surface area contributed by atoms with Gasteiger partial charge in [0.25, 0.3) is 0 Å². The molecule has 0 aliphatic carbocycles. The Morgan fingerprint density at radius 3 is 2.75 bits per heavy atom. The van der Waals surface area contributed by atoms with E-state index in [2.05, 4.69) is 4.74 Å². The molecular weight excluding hydrogens is 158 g/mol. The molecule has 1 fully saturated rings. The van der Waals surface area contributed by atoms with Gasteiger partial charge in [0.15, 0.2) is 0 Å². The van der Waals surface area contributed by atoms with E-state index < -0.39 is 0 Å². The second kappa shape index (κ2) is 3.76. The van der Waals surface area contributed by atoms with Gasteiger partial charge in [0.05, 0.1) is 13.2 Å². The quantitative estimate of drug-likeness (QED) is 0.659. The third-order valence-corrected chi connectivity index (χ3v) is 2.31. The topological polar surface area (TPSA) is 49.8 Å². The van der Waals surface area contributed by atoms with Crippen LogP contribution in [-0.4, -0.2) is 42.4 Å². The molecule has 1 saturated heterocycles. The molecule has 0 saturated carbocycles. The highest BCUT2D eigenvalue weighted by atomic mass is 16.5. The van der Waals surface area contributed by atoms with Crippen molar-refractivity contribution in [2.24, 2.45) is 5.92 Å². The third kappa shape index (κ3) is 1.69. The molecule has 4 heteroatoms. The molecule has 1 heterocycles. The van der Waals surface area contributed by atoms with Gasteiger partial charge < -0.3 is 14.7 Å². The molecule has 4 nitrogen and oxygen atoms in total. The van der Waals surface area contributed by atoms with Crippen LogP contribution in [0.4, 0.5) is 4.79 Å². The first-order chi connectivity index (χ1) is 5.69. The monoisotopic (exact) mass is 173 g/mol. The Balaban J connectivity index is 2.23. The summed E-state index contributed by atoms with van der Waals surface area (Å²) >= 11 is 0. The highest BCUT2D eigenvalue weighted by molar-refractivity contribution is 5.68. The number of hydrogen-bond acceptors (Lipinski definition) is 3. The first-order valence-electron chi connectivity index (χ1n) is 4.20. The molecule has 12 heavy (non-hydrogen) atoms. The number of rotatable bonds is 2. The third-order valence-electron chi connectivity index (χ3n) is 2.31. The minimum Gasteiger partial charge on any atom is -0.453 e. The molecule has 1 atom stereocenters. The van der Waals surface area contributed by atoms with Crippen molar-refractivity contribution < 1.29 is 14.6 Å². The molecule has 0 bridgehead atoms. The fourth-order valence-electron chi connectivity index (χ4n) is 1.37. The lowest BCUT2D eigenvalue weighted by Gasteiger charge is -2.40. The number of likely N-dealkylation sites (tertiary alicyclic amines) is 1. The van der Waals surface area contributed by atoms with Crippen molar-refractivity contribution in [3.63, 3.8) is 0 Å². The summed E-state index contributed by atoms with van der Waals surface area (Å²) in [5.74, 6) is 0.245. The Kier molecular flexibility index (Phi) is 2.92. The van der Waals surface area contributed by atoms with E-state index in [1.54, 1.807) is 4.90 Å². The van der Waals surface area contributed by atoms with Gasteiger partial charge in [-0.05, 0) is 6.42 Å². The van der Waals surface area contributed by atoms with Crippen molar-refractivity contribution in [3.8, 4) is 0 Å². The number of hydrogen-bond donors (Lipinski definition) is 1. The van der Waals surface area contributed by atoms with Crippen molar-refractivity contribution in [1.82, 2.24) is 4.90 Å². The molecule has 1 rings (SSSR count). The summed E-state index contributed by atoms with van der Waals surface area (Å²) in [4.78, 5) is 12.5. The Morgan fingerprint density at radius 2 is 2.33 bits per heavy atom. The molecule has 0 aromatic carbocycles. The van der Waals surface area contributed by atoms with Gasteiger partial charge in [-0.2, -0.15) is 0 Å². The Hall–Kier alpha value is -0.770. The molecule has 1 aliphatic heterocycles. The Bertz CT molecular complexity index is 166. The number of aliphatic hydroxyl groups is 1. The average molecular weight is 173 g/mol. The smallest absolute Gasteiger partial charge is 0.409 e. The first kappa shape index (κ1) is 9.32. The van der Waals surface area contributed by atoms with E-state index in [1.165, 1.54) is 7.11 Å². The van der Waals surface area contributed by atoms with Crippen LogP contribution in [0.15, 0.2) is 0 Å². The zero-order chi connectivity index (χ0) is 9.14. The summed E-state index contributed by atoms with van der Waals surface area (Å²) in [5, 5.41) is 9.37. The molecule has 0 aromatic heterocycles. The van der Waals surface area contributed by atoms with E-state index in [0.717, 1.165) is 6.42 Å². The summed E-state index contributed by atoms with van der Waals surface area (Å²) in [7, 11) is 1.37. The molecule has 70 valence electrons. The Labute approximate surface area is 72.1 Å². The van der Waals surface area contributed by atoms with Crippen molar-refractivity contribution in [1.29, 1.82) is 0 Å². The maximum absolute atomic E-state index is 10.9. The second-order valence-corrected chi connectivity index (χ2v) is 3.11. The standard InChI is InChI=1S/C8H15NO3/c1-3-7(10)6-4-9(5-6)8(11)12-2/h6-7,10H,3-5H2,1-2H3. The predicted octanol–water partition coefficient (Wildman–Crippen LogP) is 0.456. The maximum Gasteiger partial charge on any atom is 0.409 e. The number of nitrogens with zero attached hydrogens (tertiary/aromatic N) is 1. The molecule has 1 N–H and O–H groups in total.